The number of benzene rings is 1. The fourth-order valence-electron chi connectivity index (χ4n) is 0.923. The average Bonchev–Trinajstić information content (AvgIpc) is 2.13. The van der Waals surface area contributed by atoms with Crippen LogP contribution in [0.15, 0.2) is 18.2 Å². The predicted octanol–water partition coefficient (Wildman–Crippen LogP) is -0.756. The van der Waals surface area contributed by atoms with E-state index >= 15 is 0 Å². The zero-order chi connectivity index (χ0) is 9.68. The standard InChI is InChI=1S/C10H10ClNO/c1-8-9(6-7-12-13-2)4-3-5-10(8)11/h3-7H,1H2,2H3/p+1/b9-6-,12-7+. The molecule has 68 valence electrons. The van der Waals surface area contributed by atoms with E-state index in [-0.39, 0.29) is 0 Å². The van der Waals surface area contributed by atoms with Crippen molar-refractivity contribution in [2.24, 2.45) is 0 Å². The highest BCUT2D eigenvalue weighted by Gasteiger charge is 1.88. The zero-order valence-corrected chi connectivity index (χ0v) is 8.14. The van der Waals surface area contributed by atoms with Gasteiger partial charge in [-0.2, -0.15) is 0 Å². The van der Waals surface area contributed by atoms with E-state index < -0.39 is 0 Å². The third kappa shape index (κ3) is 2.60. The molecule has 0 amide bonds. The lowest BCUT2D eigenvalue weighted by atomic mass is 10.2. The van der Waals surface area contributed by atoms with E-state index in [4.69, 9.17) is 11.6 Å². The Morgan fingerprint density at radius 3 is 3.00 bits per heavy atom. The van der Waals surface area contributed by atoms with Crippen molar-refractivity contribution in [3.05, 3.63) is 33.7 Å². The molecule has 0 aliphatic carbocycles. The van der Waals surface area contributed by atoms with Crippen molar-refractivity contribution in [1.82, 2.24) is 0 Å². The summed E-state index contributed by atoms with van der Waals surface area (Å²) in [6.45, 7) is 3.85. The summed E-state index contributed by atoms with van der Waals surface area (Å²) in [6.07, 6.45) is 3.53. The maximum absolute atomic E-state index is 5.88. The van der Waals surface area contributed by atoms with Crippen LogP contribution in [0.5, 0.6) is 0 Å². The van der Waals surface area contributed by atoms with Crippen LogP contribution < -0.4 is 15.6 Å². The lowest BCUT2D eigenvalue weighted by molar-refractivity contribution is -0.740. The summed E-state index contributed by atoms with van der Waals surface area (Å²) in [7, 11) is 1.55. The lowest BCUT2D eigenvalue weighted by Gasteiger charge is -1.89. The van der Waals surface area contributed by atoms with Crippen LogP contribution in [0.3, 0.4) is 0 Å². The SMILES string of the molecule is C=c1c(Cl)ccc/c1=C/C=[NH+]/OC. The van der Waals surface area contributed by atoms with Crippen molar-refractivity contribution < 1.29 is 9.99 Å². The minimum atomic E-state index is 0.666. The van der Waals surface area contributed by atoms with Crippen molar-refractivity contribution in [2.45, 2.75) is 0 Å². The number of hydrogen-bond donors (Lipinski definition) is 1. The zero-order valence-electron chi connectivity index (χ0n) is 7.38. The quantitative estimate of drug-likeness (QED) is 0.488. The van der Waals surface area contributed by atoms with Gasteiger partial charge in [-0.1, -0.05) is 30.3 Å². The molecule has 0 saturated heterocycles. The Balaban J connectivity index is 3.15. The Hall–Kier alpha value is -1.28. The summed E-state index contributed by atoms with van der Waals surface area (Å²) in [5.74, 6) is 0. The number of nitrogens with one attached hydrogen (secondary N) is 1. The summed E-state index contributed by atoms with van der Waals surface area (Å²) in [6, 6.07) is 5.62. The van der Waals surface area contributed by atoms with Gasteiger partial charge < -0.3 is 0 Å². The van der Waals surface area contributed by atoms with Gasteiger partial charge in [0.25, 0.3) is 0 Å². The summed E-state index contributed by atoms with van der Waals surface area (Å²) in [5, 5.41) is 5.05. The molecule has 0 saturated carbocycles. The van der Waals surface area contributed by atoms with Crippen molar-refractivity contribution in [3.8, 4) is 0 Å². The summed E-state index contributed by atoms with van der Waals surface area (Å²) >= 11 is 5.88. The smallest absolute Gasteiger partial charge is 0.213 e. The second kappa shape index (κ2) is 4.67. The lowest BCUT2D eigenvalue weighted by Crippen LogP contribution is -2.66. The Kier molecular flexibility index (Phi) is 3.53. The normalized spacial score (nSPS) is 12.3. The summed E-state index contributed by atoms with van der Waals surface area (Å²) in [5.41, 5.74) is 0. The maximum Gasteiger partial charge on any atom is 0.213 e. The van der Waals surface area contributed by atoms with Crippen molar-refractivity contribution in [2.75, 3.05) is 7.11 Å². The van der Waals surface area contributed by atoms with E-state index in [1.54, 1.807) is 13.3 Å². The first-order valence-electron chi connectivity index (χ1n) is 3.81. The molecule has 0 unspecified atom stereocenters. The Morgan fingerprint density at radius 2 is 2.31 bits per heavy atom. The minimum absolute atomic E-state index is 0.666. The van der Waals surface area contributed by atoms with Crippen LogP contribution in [-0.2, 0) is 4.84 Å². The Morgan fingerprint density at radius 1 is 1.54 bits per heavy atom. The molecule has 0 heterocycles. The van der Waals surface area contributed by atoms with Gasteiger partial charge in [0.15, 0.2) is 0 Å². The molecule has 13 heavy (non-hydrogen) atoms. The molecule has 0 aliphatic heterocycles. The molecule has 0 aliphatic rings. The van der Waals surface area contributed by atoms with Crippen LogP contribution in [0.4, 0.5) is 0 Å². The van der Waals surface area contributed by atoms with Crippen LogP contribution in [0.1, 0.15) is 0 Å². The fourth-order valence-corrected chi connectivity index (χ4v) is 1.11. The molecule has 0 spiro atoms. The Labute approximate surface area is 81.8 Å². The first-order chi connectivity index (χ1) is 6.25. The molecule has 1 N–H and O–H groups in total. The Bertz CT molecular complexity index is 411. The van der Waals surface area contributed by atoms with Crippen LogP contribution in [0.2, 0.25) is 5.02 Å². The fraction of sp³-hybridized carbons (Fsp3) is 0.100. The molecule has 2 nitrogen and oxygen atoms in total. The molecule has 0 aromatic heterocycles. The van der Waals surface area contributed by atoms with Crippen LogP contribution in [0, 0.1) is 0 Å². The van der Waals surface area contributed by atoms with Gasteiger partial charge in [-0.25, -0.2) is 0 Å². The molecular weight excluding hydrogens is 186 g/mol. The highest BCUT2D eigenvalue weighted by molar-refractivity contribution is 6.30. The topological polar surface area (TPSA) is 23.2 Å². The monoisotopic (exact) mass is 196 g/mol. The minimum Gasteiger partial charge on any atom is -0.282 e. The van der Waals surface area contributed by atoms with E-state index in [0.29, 0.717) is 5.02 Å². The van der Waals surface area contributed by atoms with E-state index in [0.717, 1.165) is 10.4 Å². The van der Waals surface area contributed by atoms with Crippen LogP contribution >= 0.6 is 11.6 Å². The van der Waals surface area contributed by atoms with Gasteiger partial charge in [-0.05, 0) is 21.7 Å². The largest absolute Gasteiger partial charge is 0.282 e. The molecular formula is C10H11ClNO+. The van der Waals surface area contributed by atoms with Gasteiger partial charge >= 0.3 is 0 Å². The molecule has 0 bridgehead atoms. The molecule has 0 fully saturated rings. The maximum atomic E-state index is 5.88. The second-order valence-electron chi connectivity index (χ2n) is 2.46. The summed E-state index contributed by atoms with van der Waals surface area (Å²) < 4.78 is 0. The van der Waals surface area contributed by atoms with Gasteiger partial charge in [0.2, 0.25) is 6.21 Å². The van der Waals surface area contributed by atoms with E-state index in [1.807, 2.05) is 24.3 Å². The molecule has 0 atom stereocenters. The van der Waals surface area contributed by atoms with Gasteiger partial charge in [0.05, 0.1) is 0 Å². The number of hydrogen-bond acceptors (Lipinski definition) is 1. The van der Waals surface area contributed by atoms with Crippen molar-refractivity contribution in [1.29, 1.82) is 0 Å². The van der Waals surface area contributed by atoms with E-state index in [9.17, 15) is 0 Å². The molecule has 1 aromatic carbocycles. The highest BCUT2D eigenvalue weighted by atomic mass is 35.5. The van der Waals surface area contributed by atoms with E-state index in [2.05, 4.69) is 16.6 Å². The number of halogens is 1. The van der Waals surface area contributed by atoms with Gasteiger partial charge in [-0.3, -0.25) is 4.84 Å². The third-order valence-corrected chi connectivity index (χ3v) is 1.96. The first-order valence-corrected chi connectivity index (χ1v) is 4.19. The van der Waals surface area contributed by atoms with E-state index in [1.165, 1.54) is 0 Å². The van der Waals surface area contributed by atoms with Gasteiger partial charge in [0.1, 0.15) is 7.11 Å². The van der Waals surface area contributed by atoms with Gasteiger partial charge in [0, 0.05) is 11.1 Å². The second-order valence-corrected chi connectivity index (χ2v) is 2.87. The average molecular weight is 197 g/mol. The molecule has 0 radical (unpaired) electrons. The van der Waals surface area contributed by atoms with Crippen molar-refractivity contribution >= 4 is 30.5 Å². The third-order valence-electron chi connectivity index (χ3n) is 1.60. The van der Waals surface area contributed by atoms with Crippen LogP contribution in [0.25, 0.3) is 12.7 Å². The first kappa shape index (κ1) is 9.81. The molecule has 3 heteroatoms. The predicted molar refractivity (Wildman–Crippen MR) is 54.7 cm³/mol. The van der Waals surface area contributed by atoms with Gasteiger partial charge in [-0.15, -0.1) is 0 Å². The molecule has 1 aromatic rings. The number of rotatable bonds is 2. The highest BCUT2D eigenvalue weighted by Crippen LogP contribution is 1.94. The molecule has 1 rings (SSSR count). The summed E-state index contributed by atoms with van der Waals surface area (Å²) in [4.78, 5) is 4.64. The van der Waals surface area contributed by atoms with Crippen molar-refractivity contribution in [3.63, 3.8) is 0 Å². The van der Waals surface area contributed by atoms with Crippen LogP contribution in [-0.4, -0.2) is 13.3 Å².